The number of amides is 1. The minimum atomic E-state index is -0.285. The minimum Gasteiger partial charge on any atom is -0.490 e. The second-order valence-electron chi connectivity index (χ2n) is 5.10. The standard InChI is InChI=1S/C15H23N3O2/c1-3-11-20-13-7-6-8-16-14(13)17-12(2)15(19)18-9-4-5-10-18/h6-8,12H,3-5,9-11H2,1-2H3,(H,16,17). The summed E-state index contributed by atoms with van der Waals surface area (Å²) in [7, 11) is 0. The molecule has 2 rings (SSSR count). The van der Waals surface area contributed by atoms with Gasteiger partial charge in [-0.3, -0.25) is 4.79 Å². The Kier molecular flexibility index (Phi) is 5.21. The van der Waals surface area contributed by atoms with Crippen molar-refractivity contribution < 1.29 is 9.53 Å². The Morgan fingerprint density at radius 1 is 1.50 bits per heavy atom. The highest BCUT2D eigenvalue weighted by molar-refractivity contribution is 5.84. The summed E-state index contributed by atoms with van der Waals surface area (Å²) >= 11 is 0. The van der Waals surface area contributed by atoms with Crippen molar-refractivity contribution in [3.05, 3.63) is 18.3 Å². The molecule has 1 aromatic heterocycles. The fourth-order valence-electron chi connectivity index (χ4n) is 2.31. The fourth-order valence-corrected chi connectivity index (χ4v) is 2.31. The number of nitrogens with zero attached hydrogens (tertiary/aromatic N) is 2. The topological polar surface area (TPSA) is 54.5 Å². The maximum atomic E-state index is 12.3. The van der Waals surface area contributed by atoms with Crippen molar-refractivity contribution >= 4 is 11.7 Å². The molecule has 1 atom stereocenters. The largest absolute Gasteiger partial charge is 0.490 e. The number of likely N-dealkylation sites (tertiary alicyclic amines) is 1. The summed E-state index contributed by atoms with van der Waals surface area (Å²) in [5.41, 5.74) is 0. The van der Waals surface area contributed by atoms with Crippen molar-refractivity contribution in [1.82, 2.24) is 9.88 Å². The molecule has 0 aromatic carbocycles. The van der Waals surface area contributed by atoms with Crippen molar-refractivity contribution in [2.75, 3.05) is 25.0 Å². The van der Waals surface area contributed by atoms with E-state index in [9.17, 15) is 4.79 Å². The summed E-state index contributed by atoms with van der Waals surface area (Å²) in [6.07, 6.45) is 4.85. The Labute approximate surface area is 120 Å². The highest BCUT2D eigenvalue weighted by atomic mass is 16.5. The molecule has 0 radical (unpaired) electrons. The molecule has 20 heavy (non-hydrogen) atoms. The van der Waals surface area contributed by atoms with Gasteiger partial charge < -0.3 is 15.0 Å². The second-order valence-corrected chi connectivity index (χ2v) is 5.10. The van der Waals surface area contributed by atoms with Crippen LogP contribution < -0.4 is 10.1 Å². The predicted octanol–water partition coefficient (Wildman–Crippen LogP) is 2.29. The van der Waals surface area contributed by atoms with Crippen LogP contribution in [0.15, 0.2) is 18.3 Å². The number of pyridine rings is 1. The molecule has 1 saturated heterocycles. The monoisotopic (exact) mass is 277 g/mol. The second kappa shape index (κ2) is 7.12. The van der Waals surface area contributed by atoms with Gasteiger partial charge in [0.2, 0.25) is 5.91 Å². The predicted molar refractivity (Wildman–Crippen MR) is 78.9 cm³/mol. The van der Waals surface area contributed by atoms with Crippen molar-refractivity contribution in [2.24, 2.45) is 0 Å². The SMILES string of the molecule is CCCOc1cccnc1NC(C)C(=O)N1CCCC1. The average molecular weight is 277 g/mol. The molecule has 1 amide bonds. The lowest BCUT2D eigenvalue weighted by Gasteiger charge is -2.22. The maximum Gasteiger partial charge on any atom is 0.244 e. The number of carbonyl (C=O) groups is 1. The summed E-state index contributed by atoms with van der Waals surface area (Å²) in [6.45, 7) is 6.31. The van der Waals surface area contributed by atoms with E-state index >= 15 is 0 Å². The van der Waals surface area contributed by atoms with Crippen LogP contribution in [0.4, 0.5) is 5.82 Å². The van der Waals surface area contributed by atoms with E-state index in [1.807, 2.05) is 24.0 Å². The Balaban J connectivity index is 1.99. The van der Waals surface area contributed by atoms with E-state index in [1.54, 1.807) is 6.20 Å². The van der Waals surface area contributed by atoms with Crippen molar-refractivity contribution in [2.45, 2.75) is 39.2 Å². The number of aromatic nitrogens is 1. The summed E-state index contributed by atoms with van der Waals surface area (Å²) < 4.78 is 5.64. The number of anilines is 1. The third-order valence-corrected chi connectivity index (χ3v) is 3.37. The Hall–Kier alpha value is -1.78. The summed E-state index contributed by atoms with van der Waals surface area (Å²) in [5, 5.41) is 3.17. The van der Waals surface area contributed by atoms with Crippen LogP contribution in [0.5, 0.6) is 5.75 Å². The Morgan fingerprint density at radius 2 is 2.25 bits per heavy atom. The normalized spacial score (nSPS) is 16.0. The first kappa shape index (κ1) is 14.6. The molecule has 0 aliphatic carbocycles. The van der Waals surface area contributed by atoms with E-state index in [0.29, 0.717) is 18.2 Å². The zero-order chi connectivity index (χ0) is 14.4. The molecule has 1 unspecified atom stereocenters. The molecular weight excluding hydrogens is 254 g/mol. The van der Waals surface area contributed by atoms with Crippen LogP contribution in [0.1, 0.15) is 33.1 Å². The lowest BCUT2D eigenvalue weighted by Crippen LogP contribution is -2.39. The molecule has 1 fully saturated rings. The molecule has 1 aromatic rings. The number of rotatable bonds is 6. The van der Waals surface area contributed by atoms with Gasteiger partial charge in [0.1, 0.15) is 6.04 Å². The molecule has 0 saturated carbocycles. The first-order valence-electron chi connectivity index (χ1n) is 7.35. The molecule has 110 valence electrons. The van der Waals surface area contributed by atoms with E-state index in [2.05, 4.69) is 17.2 Å². The van der Waals surface area contributed by atoms with Crippen LogP contribution in [0, 0.1) is 0 Å². The van der Waals surface area contributed by atoms with Crippen LogP contribution in [0.3, 0.4) is 0 Å². The van der Waals surface area contributed by atoms with E-state index in [4.69, 9.17) is 4.74 Å². The Bertz CT molecular complexity index is 444. The third kappa shape index (κ3) is 3.62. The van der Waals surface area contributed by atoms with Gasteiger partial charge in [-0.25, -0.2) is 4.98 Å². The van der Waals surface area contributed by atoms with Crippen LogP contribution in [0.2, 0.25) is 0 Å². The van der Waals surface area contributed by atoms with Crippen molar-refractivity contribution in [3.63, 3.8) is 0 Å². The minimum absolute atomic E-state index is 0.134. The number of carbonyl (C=O) groups excluding carboxylic acids is 1. The molecule has 1 N–H and O–H groups in total. The number of hydrogen-bond acceptors (Lipinski definition) is 4. The zero-order valence-corrected chi connectivity index (χ0v) is 12.3. The van der Waals surface area contributed by atoms with Crippen molar-refractivity contribution in [3.8, 4) is 5.75 Å². The van der Waals surface area contributed by atoms with Gasteiger partial charge in [0.15, 0.2) is 11.6 Å². The molecule has 0 spiro atoms. The maximum absolute atomic E-state index is 12.3. The molecule has 1 aliphatic rings. The van der Waals surface area contributed by atoms with Crippen LogP contribution in [0.25, 0.3) is 0 Å². The molecule has 1 aliphatic heterocycles. The lowest BCUT2D eigenvalue weighted by atomic mass is 10.3. The summed E-state index contributed by atoms with van der Waals surface area (Å²) in [5.74, 6) is 1.48. The van der Waals surface area contributed by atoms with Gasteiger partial charge in [0.25, 0.3) is 0 Å². The first-order valence-corrected chi connectivity index (χ1v) is 7.35. The van der Waals surface area contributed by atoms with E-state index in [1.165, 1.54) is 0 Å². The van der Waals surface area contributed by atoms with E-state index in [0.717, 1.165) is 32.4 Å². The van der Waals surface area contributed by atoms with Gasteiger partial charge in [-0.1, -0.05) is 6.92 Å². The van der Waals surface area contributed by atoms with Gasteiger partial charge in [-0.05, 0) is 38.3 Å². The van der Waals surface area contributed by atoms with Gasteiger partial charge in [-0.2, -0.15) is 0 Å². The molecule has 0 bridgehead atoms. The number of ether oxygens (including phenoxy) is 1. The van der Waals surface area contributed by atoms with Gasteiger partial charge in [0.05, 0.1) is 6.61 Å². The van der Waals surface area contributed by atoms with Gasteiger partial charge >= 0.3 is 0 Å². The number of hydrogen-bond donors (Lipinski definition) is 1. The number of nitrogens with one attached hydrogen (secondary N) is 1. The molecular formula is C15H23N3O2. The highest BCUT2D eigenvalue weighted by Crippen LogP contribution is 2.22. The van der Waals surface area contributed by atoms with Crippen LogP contribution in [-0.2, 0) is 4.79 Å². The van der Waals surface area contributed by atoms with Crippen LogP contribution in [-0.4, -0.2) is 41.5 Å². The van der Waals surface area contributed by atoms with Gasteiger partial charge in [0, 0.05) is 19.3 Å². The third-order valence-electron chi connectivity index (χ3n) is 3.37. The smallest absolute Gasteiger partial charge is 0.244 e. The van der Waals surface area contributed by atoms with E-state index < -0.39 is 0 Å². The van der Waals surface area contributed by atoms with Crippen molar-refractivity contribution in [1.29, 1.82) is 0 Å². The van der Waals surface area contributed by atoms with E-state index in [-0.39, 0.29) is 11.9 Å². The summed E-state index contributed by atoms with van der Waals surface area (Å²) in [6, 6.07) is 3.42. The zero-order valence-electron chi connectivity index (χ0n) is 12.3. The van der Waals surface area contributed by atoms with Gasteiger partial charge in [-0.15, -0.1) is 0 Å². The molecule has 5 heteroatoms. The average Bonchev–Trinajstić information content (AvgIpc) is 2.99. The molecule has 5 nitrogen and oxygen atoms in total. The first-order chi connectivity index (χ1) is 9.72. The fraction of sp³-hybridized carbons (Fsp3) is 0.600. The quantitative estimate of drug-likeness (QED) is 0.867. The summed E-state index contributed by atoms with van der Waals surface area (Å²) in [4.78, 5) is 18.5. The lowest BCUT2D eigenvalue weighted by molar-refractivity contribution is -0.130. The Morgan fingerprint density at radius 3 is 2.95 bits per heavy atom. The molecule has 2 heterocycles. The highest BCUT2D eigenvalue weighted by Gasteiger charge is 2.23. The van der Waals surface area contributed by atoms with Crippen LogP contribution >= 0.6 is 0 Å².